The van der Waals surface area contributed by atoms with Gasteiger partial charge in [-0.3, -0.25) is 9.69 Å². The molecule has 0 radical (unpaired) electrons. The molecule has 2 heterocycles. The van der Waals surface area contributed by atoms with Gasteiger partial charge in [-0.2, -0.15) is 4.99 Å². The summed E-state index contributed by atoms with van der Waals surface area (Å²) in [4.78, 5) is 23.8. The molecule has 5 nitrogen and oxygen atoms in total. The molecule has 0 bridgehead atoms. The van der Waals surface area contributed by atoms with Crippen molar-refractivity contribution < 1.29 is 9.53 Å². The van der Waals surface area contributed by atoms with E-state index in [1.54, 1.807) is 17.2 Å². The van der Waals surface area contributed by atoms with Crippen molar-refractivity contribution in [1.82, 2.24) is 9.88 Å². The van der Waals surface area contributed by atoms with E-state index in [-0.39, 0.29) is 5.91 Å². The summed E-state index contributed by atoms with van der Waals surface area (Å²) in [5, 5.41) is 3.10. The summed E-state index contributed by atoms with van der Waals surface area (Å²) in [5.41, 5.74) is 3.28. The highest BCUT2D eigenvalue weighted by atomic mass is 32.2. The highest BCUT2D eigenvalue weighted by molar-refractivity contribution is 8.18. The van der Waals surface area contributed by atoms with Crippen molar-refractivity contribution in [3.8, 4) is 5.75 Å². The average molecular weight is 448 g/mol. The van der Waals surface area contributed by atoms with E-state index < -0.39 is 0 Å². The zero-order valence-corrected chi connectivity index (χ0v) is 18.7. The Kier molecular flexibility index (Phi) is 6.64. The molecule has 4 rings (SSSR count). The lowest BCUT2D eigenvalue weighted by Crippen LogP contribution is -2.29. The normalized spacial score (nSPS) is 16.3. The van der Waals surface area contributed by atoms with Crippen LogP contribution in [0.1, 0.15) is 16.7 Å². The third kappa shape index (κ3) is 5.31. The molecule has 2 aromatic carbocycles. The van der Waals surface area contributed by atoms with Gasteiger partial charge in [0.15, 0.2) is 5.17 Å². The number of amidine groups is 1. The first kappa shape index (κ1) is 21.1. The van der Waals surface area contributed by atoms with Crippen molar-refractivity contribution in [3.63, 3.8) is 0 Å². The second kappa shape index (κ2) is 9.76. The van der Waals surface area contributed by atoms with Crippen molar-refractivity contribution >= 4 is 45.4 Å². The van der Waals surface area contributed by atoms with Crippen LogP contribution in [0.5, 0.6) is 5.75 Å². The van der Waals surface area contributed by atoms with E-state index in [0.29, 0.717) is 28.4 Å². The van der Waals surface area contributed by atoms with Crippen LogP contribution in [-0.2, 0) is 11.4 Å². The predicted molar refractivity (Wildman–Crippen MR) is 129 cm³/mol. The molecule has 156 valence electrons. The fourth-order valence-corrected chi connectivity index (χ4v) is 4.45. The first-order valence-electron chi connectivity index (χ1n) is 9.71. The number of hydrogen-bond acceptors (Lipinski definition) is 6. The number of aromatic nitrogens is 1. The molecule has 0 unspecified atom stereocenters. The van der Waals surface area contributed by atoms with Crippen LogP contribution in [0.3, 0.4) is 0 Å². The second-order valence-electron chi connectivity index (χ2n) is 6.87. The van der Waals surface area contributed by atoms with Gasteiger partial charge in [0.05, 0.1) is 4.91 Å². The van der Waals surface area contributed by atoms with Crippen LogP contribution >= 0.6 is 23.1 Å². The highest BCUT2D eigenvalue weighted by Crippen LogP contribution is 2.34. The van der Waals surface area contributed by atoms with E-state index in [9.17, 15) is 4.79 Å². The van der Waals surface area contributed by atoms with Gasteiger partial charge in [-0.05, 0) is 48.0 Å². The monoisotopic (exact) mass is 447 g/mol. The zero-order chi connectivity index (χ0) is 21.6. The lowest BCUT2D eigenvalue weighted by atomic mass is 10.1. The summed E-state index contributed by atoms with van der Waals surface area (Å²) < 4.78 is 5.87. The molecule has 3 aromatic rings. The van der Waals surface area contributed by atoms with E-state index in [1.807, 2.05) is 35.7 Å². The summed E-state index contributed by atoms with van der Waals surface area (Å²) >= 11 is 2.78. The largest absolute Gasteiger partial charge is 0.489 e. The SMILES string of the molecule is C=CCN1C(=O)/C(=C/c2ccc(OCc3ccc(C)cc3)cc2)S/C1=N/c1nccs1. The molecule has 1 saturated heterocycles. The van der Waals surface area contributed by atoms with Crippen molar-refractivity contribution in [1.29, 1.82) is 0 Å². The lowest BCUT2D eigenvalue weighted by Gasteiger charge is -2.11. The van der Waals surface area contributed by atoms with Gasteiger partial charge in [0.1, 0.15) is 12.4 Å². The van der Waals surface area contributed by atoms with Gasteiger partial charge in [0.25, 0.3) is 5.91 Å². The average Bonchev–Trinajstić information content (AvgIpc) is 3.39. The van der Waals surface area contributed by atoms with Gasteiger partial charge in [-0.1, -0.05) is 48.0 Å². The second-order valence-corrected chi connectivity index (χ2v) is 8.75. The first-order valence-corrected chi connectivity index (χ1v) is 11.4. The topological polar surface area (TPSA) is 54.8 Å². The third-order valence-corrected chi connectivity index (χ3v) is 6.19. The van der Waals surface area contributed by atoms with Crippen molar-refractivity contribution in [2.45, 2.75) is 13.5 Å². The van der Waals surface area contributed by atoms with Gasteiger partial charge in [0, 0.05) is 18.1 Å². The number of aryl methyl sites for hydroxylation is 1. The Morgan fingerprint density at radius 1 is 1.16 bits per heavy atom. The Hall–Kier alpha value is -3.16. The number of rotatable bonds is 7. The quantitative estimate of drug-likeness (QED) is 0.338. The molecular weight excluding hydrogens is 426 g/mol. The number of carbonyl (C=O) groups is 1. The Morgan fingerprint density at radius 2 is 1.94 bits per heavy atom. The molecule has 1 amide bonds. The van der Waals surface area contributed by atoms with E-state index in [4.69, 9.17) is 4.74 Å². The van der Waals surface area contributed by atoms with E-state index in [0.717, 1.165) is 16.9 Å². The number of aliphatic imine (C=N–C) groups is 1. The van der Waals surface area contributed by atoms with Crippen molar-refractivity contribution in [2.75, 3.05) is 6.54 Å². The van der Waals surface area contributed by atoms with E-state index >= 15 is 0 Å². The van der Waals surface area contributed by atoms with Crippen LogP contribution < -0.4 is 4.74 Å². The van der Waals surface area contributed by atoms with Crippen LogP contribution in [0.25, 0.3) is 6.08 Å². The fraction of sp³-hybridized carbons (Fsp3) is 0.125. The highest BCUT2D eigenvalue weighted by Gasteiger charge is 2.32. The summed E-state index contributed by atoms with van der Waals surface area (Å²) in [5.74, 6) is 0.701. The molecule has 1 aliphatic rings. The number of hydrogen-bond donors (Lipinski definition) is 0. The van der Waals surface area contributed by atoms with Gasteiger partial charge < -0.3 is 4.74 Å². The molecule has 0 aliphatic carbocycles. The Balaban J connectivity index is 1.46. The maximum atomic E-state index is 12.9. The summed E-state index contributed by atoms with van der Waals surface area (Å²) in [7, 11) is 0. The molecule has 0 atom stereocenters. The minimum atomic E-state index is -0.0834. The predicted octanol–water partition coefficient (Wildman–Crippen LogP) is 5.82. The number of thioether (sulfide) groups is 1. The lowest BCUT2D eigenvalue weighted by molar-refractivity contribution is -0.121. The number of ether oxygens (including phenoxy) is 1. The molecule has 1 aliphatic heterocycles. The summed E-state index contributed by atoms with van der Waals surface area (Å²) in [6.45, 7) is 6.73. The van der Waals surface area contributed by atoms with Crippen LogP contribution in [0, 0.1) is 6.92 Å². The number of amides is 1. The number of thiazole rings is 1. The number of carbonyl (C=O) groups excluding carboxylic acids is 1. The third-order valence-electron chi connectivity index (χ3n) is 4.51. The van der Waals surface area contributed by atoms with Gasteiger partial charge >= 0.3 is 0 Å². The van der Waals surface area contributed by atoms with E-state index in [2.05, 4.69) is 47.7 Å². The van der Waals surface area contributed by atoms with Crippen LogP contribution in [0.15, 0.2) is 82.7 Å². The maximum absolute atomic E-state index is 12.9. The molecule has 0 saturated carbocycles. The molecule has 1 aromatic heterocycles. The van der Waals surface area contributed by atoms with Crippen LogP contribution in [0.2, 0.25) is 0 Å². The minimum absolute atomic E-state index is 0.0834. The molecule has 31 heavy (non-hydrogen) atoms. The molecular formula is C24H21N3O2S2. The van der Waals surface area contributed by atoms with Gasteiger partial charge in [-0.25, -0.2) is 4.98 Å². The zero-order valence-electron chi connectivity index (χ0n) is 17.0. The van der Waals surface area contributed by atoms with Gasteiger partial charge in [0.2, 0.25) is 5.13 Å². The Bertz CT molecular complexity index is 1120. The van der Waals surface area contributed by atoms with Crippen molar-refractivity contribution in [3.05, 3.63) is 94.4 Å². The Morgan fingerprint density at radius 3 is 2.61 bits per heavy atom. The standard InChI is InChI=1S/C24H21N3O2S2/c1-3-13-27-22(28)21(31-24(27)26-23-25-12-14-30-23)15-18-8-10-20(11-9-18)29-16-19-6-4-17(2)5-7-19/h3-12,14-15H,1,13,16H2,2H3/b21-15-,26-24+. The van der Waals surface area contributed by atoms with Crippen molar-refractivity contribution in [2.24, 2.45) is 4.99 Å². The van der Waals surface area contributed by atoms with Gasteiger partial charge in [-0.15, -0.1) is 17.9 Å². The van der Waals surface area contributed by atoms with Crippen LogP contribution in [0.4, 0.5) is 5.13 Å². The fourth-order valence-electron chi connectivity index (χ4n) is 2.90. The Labute approximate surface area is 189 Å². The number of nitrogens with zero attached hydrogens (tertiary/aromatic N) is 3. The number of benzene rings is 2. The first-order chi connectivity index (χ1) is 15.1. The summed E-state index contributed by atoms with van der Waals surface area (Å²) in [6.07, 6.45) is 5.26. The van der Waals surface area contributed by atoms with Crippen LogP contribution in [-0.4, -0.2) is 27.5 Å². The van der Waals surface area contributed by atoms with E-state index in [1.165, 1.54) is 28.7 Å². The summed E-state index contributed by atoms with van der Waals surface area (Å²) in [6, 6.07) is 16.0. The molecule has 1 fully saturated rings. The molecule has 0 N–H and O–H groups in total. The molecule has 7 heteroatoms. The maximum Gasteiger partial charge on any atom is 0.267 e. The minimum Gasteiger partial charge on any atom is -0.489 e. The molecule has 0 spiro atoms. The smallest absolute Gasteiger partial charge is 0.267 e.